The van der Waals surface area contributed by atoms with Gasteiger partial charge in [0, 0.05) is 13.1 Å². The van der Waals surface area contributed by atoms with Crippen LogP contribution in [0.3, 0.4) is 0 Å². The summed E-state index contributed by atoms with van der Waals surface area (Å²) in [6, 6.07) is 5.55. The van der Waals surface area contributed by atoms with Crippen LogP contribution in [-0.2, 0) is 10.0 Å². The second kappa shape index (κ2) is 8.65. The van der Waals surface area contributed by atoms with E-state index in [0.29, 0.717) is 0 Å². The summed E-state index contributed by atoms with van der Waals surface area (Å²) < 4.78 is 35.4. The molecular formula is C17H17Cl3N2O5S. The van der Waals surface area contributed by atoms with Gasteiger partial charge in [0.25, 0.3) is 5.91 Å². The highest BCUT2D eigenvalue weighted by Crippen LogP contribution is 2.37. The van der Waals surface area contributed by atoms with Crippen LogP contribution in [-0.4, -0.2) is 41.8 Å². The lowest BCUT2D eigenvalue weighted by Crippen LogP contribution is -2.28. The predicted molar refractivity (Wildman–Crippen MR) is 112 cm³/mol. The number of carbonyl (C=O) groups is 1. The number of anilines is 2. The number of amides is 1. The van der Waals surface area contributed by atoms with Gasteiger partial charge in [0.2, 0.25) is 10.0 Å². The zero-order valence-electron chi connectivity index (χ0n) is 15.3. The molecule has 0 bridgehead atoms. The monoisotopic (exact) mass is 466 g/mol. The van der Waals surface area contributed by atoms with E-state index in [-0.39, 0.29) is 43.5 Å². The Morgan fingerprint density at radius 1 is 0.964 bits per heavy atom. The molecule has 0 heterocycles. The molecular weight excluding hydrogens is 451 g/mol. The molecule has 28 heavy (non-hydrogen) atoms. The van der Waals surface area contributed by atoms with Crippen molar-refractivity contribution in [1.29, 1.82) is 0 Å². The van der Waals surface area contributed by atoms with Crippen LogP contribution < -0.4 is 19.1 Å². The molecule has 0 radical (unpaired) electrons. The number of rotatable bonds is 6. The van der Waals surface area contributed by atoms with Crippen LogP contribution in [0.4, 0.5) is 11.4 Å². The van der Waals surface area contributed by atoms with Crippen molar-refractivity contribution < 1.29 is 22.7 Å². The molecule has 0 aliphatic rings. The van der Waals surface area contributed by atoms with E-state index in [1.54, 1.807) is 0 Å². The van der Waals surface area contributed by atoms with E-state index in [2.05, 4.69) is 5.32 Å². The van der Waals surface area contributed by atoms with Gasteiger partial charge in [-0.1, -0.05) is 34.8 Å². The molecule has 1 N–H and O–H groups in total. The summed E-state index contributed by atoms with van der Waals surface area (Å²) in [6.45, 7) is 0. The van der Waals surface area contributed by atoms with E-state index in [1.165, 1.54) is 45.5 Å². The zero-order valence-corrected chi connectivity index (χ0v) is 18.4. The SMILES string of the molecule is COc1cc(C(=O)Nc2cc(Cl)c(Cl)cc2Cl)c(N(C)S(C)(=O)=O)cc1OC. The van der Waals surface area contributed by atoms with Gasteiger partial charge in [-0.3, -0.25) is 9.10 Å². The number of nitrogens with zero attached hydrogens (tertiary/aromatic N) is 1. The molecule has 0 unspecified atom stereocenters. The molecule has 0 saturated heterocycles. The van der Waals surface area contributed by atoms with Gasteiger partial charge in [0.05, 0.1) is 52.5 Å². The Morgan fingerprint density at radius 2 is 1.50 bits per heavy atom. The number of carbonyl (C=O) groups excluding carboxylic acids is 1. The van der Waals surface area contributed by atoms with Gasteiger partial charge in [-0.05, 0) is 18.2 Å². The van der Waals surface area contributed by atoms with Crippen molar-refractivity contribution in [3.8, 4) is 11.5 Å². The van der Waals surface area contributed by atoms with Crippen LogP contribution in [0.15, 0.2) is 24.3 Å². The van der Waals surface area contributed by atoms with Gasteiger partial charge in [-0.2, -0.15) is 0 Å². The van der Waals surface area contributed by atoms with Crippen molar-refractivity contribution in [3.63, 3.8) is 0 Å². The van der Waals surface area contributed by atoms with Gasteiger partial charge in [0.15, 0.2) is 11.5 Å². The van der Waals surface area contributed by atoms with Crippen molar-refractivity contribution in [1.82, 2.24) is 0 Å². The summed E-state index contributed by atoms with van der Waals surface area (Å²) in [4.78, 5) is 12.9. The molecule has 7 nitrogen and oxygen atoms in total. The van der Waals surface area contributed by atoms with Crippen LogP contribution in [0.2, 0.25) is 15.1 Å². The number of hydrogen-bond donors (Lipinski definition) is 1. The molecule has 11 heteroatoms. The first kappa shape index (κ1) is 22.4. The van der Waals surface area contributed by atoms with Crippen molar-refractivity contribution in [3.05, 3.63) is 44.9 Å². The second-order valence-corrected chi connectivity index (χ2v) is 8.89. The van der Waals surface area contributed by atoms with Gasteiger partial charge >= 0.3 is 0 Å². The van der Waals surface area contributed by atoms with Crippen molar-refractivity contribution in [2.45, 2.75) is 0 Å². The fourth-order valence-corrected chi connectivity index (χ4v) is 3.40. The summed E-state index contributed by atoms with van der Waals surface area (Å²) in [7, 11) is 0.460. The fourth-order valence-electron chi connectivity index (χ4n) is 2.30. The first-order valence-corrected chi connectivity index (χ1v) is 10.6. The molecule has 2 aromatic carbocycles. The van der Waals surface area contributed by atoms with Gasteiger partial charge in [-0.15, -0.1) is 0 Å². The van der Waals surface area contributed by atoms with E-state index < -0.39 is 15.9 Å². The molecule has 2 rings (SSSR count). The van der Waals surface area contributed by atoms with E-state index in [1.807, 2.05) is 0 Å². The summed E-state index contributed by atoms with van der Waals surface area (Å²) >= 11 is 18.0. The predicted octanol–water partition coefficient (Wildman–Crippen LogP) is 4.31. The molecule has 0 fully saturated rings. The van der Waals surface area contributed by atoms with Gasteiger partial charge in [0.1, 0.15) is 0 Å². The molecule has 2 aromatic rings. The number of ether oxygens (including phenoxy) is 2. The van der Waals surface area contributed by atoms with Gasteiger partial charge < -0.3 is 14.8 Å². The minimum Gasteiger partial charge on any atom is -0.493 e. The minimum absolute atomic E-state index is 0.0210. The van der Waals surface area contributed by atoms with Crippen LogP contribution in [0.1, 0.15) is 10.4 Å². The number of sulfonamides is 1. The number of hydrogen-bond acceptors (Lipinski definition) is 5. The average Bonchev–Trinajstić information content (AvgIpc) is 2.63. The topological polar surface area (TPSA) is 84.9 Å². The highest BCUT2D eigenvalue weighted by molar-refractivity contribution is 7.92. The largest absolute Gasteiger partial charge is 0.493 e. The van der Waals surface area contributed by atoms with Crippen molar-refractivity contribution >= 4 is 62.1 Å². The van der Waals surface area contributed by atoms with Crippen LogP contribution in [0.25, 0.3) is 0 Å². The molecule has 0 aromatic heterocycles. The zero-order chi connectivity index (χ0) is 21.2. The lowest BCUT2D eigenvalue weighted by molar-refractivity contribution is 0.102. The lowest BCUT2D eigenvalue weighted by atomic mass is 10.1. The molecule has 0 aliphatic heterocycles. The van der Waals surface area contributed by atoms with E-state index in [9.17, 15) is 13.2 Å². The molecule has 0 aliphatic carbocycles. The number of methoxy groups -OCH3 is 2. The highest BCUT2D eigenvalue weighted by Gasteiger charge is 2.24. The Bertz CT molecular complexity index is 1030. The third-order valence-corrected chi connectivity index (χ3v) is 6.07. The van der Waals surface area contributed by atoms with Crippen LogP contribution in [0.5, 0.6) is 11.5 Å². The van der Waals surface area contributed by atoms with Gasteiger partial charge in [-0.25, -0.2) is 8.42 Å². The maximum Gasteiger partial charge on any atom is 0.257 e. The fraction of sp³-hybridized carbons (Fsp3) is 0.235. The first-order chi connectivity index (χ1) is 13.0. The molecule has 0 atom stereocenters. The quantitative estimate of drug-likeness (QED) is 0.640. The average molecular weight is 468 g/mol. The summed E-state index contributed by atoms with van der Waals surface area (Å²) in [5.74, 6) is -0.123. The van der Waals surface area contributed by atoms with Crippen molar-refractivity contribution in [2.24, 2.45) is 0 Å². The Kier molecular flexibility index (Phi) is 6.93. The van der Waals surface area contributed by atoms with E-state index in [0.717, 1.165) is 10.6 Å². The normalized spacial score (nSPS) is 11.1. The maximum absolute atomic E-state index is 12.9. The third-order valence-electron chi connectivity index (χ3n) is 3.84. The van der Waals surface area contributed by atoms with E-state index >= 15 is 0 Å². The Morgan fingerprint density at radius 3 is 2.04 bits per heavy atom. The first-order valence-electron chi connectivity index (χ1n) is 7.65. The smallest absolute Gasteiger partial charge is 0.257 e. The standard InChI is InChI=1S/C17H17Cl3N2O5S/c1-22(28(4,24)25)14-8-16(27-3)15(26-2)5-9(14)17(23)21-13-7-11(19)10(18)6-12(13)20/h5-8H,1-4H3,(H,21,23). The molecule has 0 spiro atoms. The Balaban J connectivity index is 2.59. The second-order valence-electron chi connectivity index (χ2n) is 5.66. The summed E-state index contributed by atoms with van der Waals surface area (Å²) in [6.07, 6.45) is 1.02. The number of nitrogens with one attached hydrogen (secondary N) is 1. The Labute approximate surface area is 178 Å². The van der Waals surface area contributed by atoms with Crippen molar-refractivity contribution in [2.75, 3.05) is 37.1 Å². The van der Waals surface area contributed by atoms with E-state index in [4.69, 9.17) is 44.3 Å². The lowest BCUT2D eigenvalue weighted by Gasteiger charge is -2.22. The Hall–Kier alpha value is -1.87. The maximum atomic E-state index is 12.9. The molecule has 152 valence electrons. The minimum atomic E-state index is -3.66. The highest BCUT2D eigenvalue weighted by atomic mass is 35.5. The number of halogens is 3. The third kappa shape index (κ3) is 4.75. The molecule has 1 amide bonds. The summed E-state index contributed by atoms with van der Waals surface area (Å²) in [5, 5.41) is 3.19. The van der Waals surface area contributed by atoms with Crippen LogP contribution >= 0.6 is 34.8 Å². The molecule has 0 saturated carbocycles. The van der Waals surface area contributed by atoms with Crippen LogP contribution in [0, 0.1) is 0 Å². The number of benzene rings is 2. The summed E-state index contributed by atoms with van der Waals surface area (Å²) in [5.41, 5.74) is 0.324.